The molecule has 0 aliphatic carbocycles. The van der Waals surface area contributed by atoms with Gasteiger partial charge in [-0.2, -0.15) is 5.26 Å². The molecule has 3 nitrogen and oxygen atoms in total. The summed E-state index contributed by atoms with van der Waals surface area (Å²) in [5.41, 5.74) is -0.148. The Balaban J connectivity index is 3.68. The van der Waals surface area contributed by atoms with E-state index in [9.17, 15) is 8.42 Å². The molecule has 0 aliphatic rings. The molecule has 0 saturated heterocycles. The first-order valence-electron chi connectivity index (χ1n) is 3.20. The molecule has 0 fully saturated rings. The third kappa shape index (κ3) is 2.39. The van der Waals surface area contributed by atoms with Crippen LogP contribution in [0.2, 0.25) is 5.02 Å². The van der Waals surface area contributed by atoms with Crippen LogP contribution < -0.4 is 0 Å². The fraction of sp³-hybridized carbons (Fsp3) is 0. The van der Waals surface area contributed by atoms with E-state index < -0.39 is 9.05 Å². The van der Waals surface area contributed by atoms with Crippen LogP contribution in [0.1, 0.15) is 5.56 Å². The highest BCUT2D eigenvalue weighted by Gasteiger charge is 2.19. The summed E-state index contributed by atoms with van der Waals surface area (Å²) in [6.45, 7) is 0. The topological polar surface area (TPSA) is 57.9 Å². The van der Waals surface area contributed by atoms with Crippen LogP contribution in [0.25, 0.3) is 0 Å². The summed E-state index contributed by atoms with van der Waals surface area (Å²) in [6, 6.07) is 4.33. The second kappa shape index (κ2) is 4.07. The smallest absolute Gasteiger partial charge is 0.207 e. The quantitative estimate of drug-likeness (QED) is 0.749. The van der Waals surface area contributed by atoms with E-state index in [1.54, 1.807) is 6.07 Å². The summed E-state index contributed by atoms with van der Waals surface area (Å²) in [5.74, 6) is 0. The van der Waals surface area contributed by atoms with Crippen molar-refractivity contribution in [1.29, 1.82) is 5.26 Å². The first kappa shape index (κ1) is 11.8. The third-order valence-corrected chi connectivity index (χ3v) is 3.50. The fourth-order valence-corrected chi connectivity index (χ4v) is 2.94. The van der Waals surface area contributed by atoms with Gasteiger partial charge in [-0.05, 0) is 12.1 Å². The van der Waals surface area contributed by atoms with Crippen LogP contribution in [0, 0.1) is 11.3 Å². The van der Waals surface area contributed by atoms with E-state index in [0.717, 1.165) is 0 Å². The maximum Gasteiger partial charge on any atom is 0.262 e. The molecular weight excluding hydrogens is 313 g/mol. The largest absolute Gasteiger partial charge is 0.262 e. The van der Waals surface area contributed by atoms with E-state index in [2.05, 4.69) is 15.9 Å². The van der Waals surface area contributed by atoms with E-state index in [-0.39, 0.29) is 15.5 Å². The lowest BCUT2D eigenvalue weighted by atomic mass is 10.2. The molecule has 0 unspecified atom stereocenters. The Morgan fingerprint density at radius 2 is 2.00 bits per heavy atom. The van der Waals surface area contributed by atoms with Crippen molar-refractivity contribution in [3.63, 3.8) is 0 Å². The monoisotopic (exact) mass is 313 g/mol. The Morgan fingerprint density at radius 1 is 1.43 bits per heavy atom. The van der Waals surface area contributed by atoms with E-state index in [1.807, 2.05) is 0 Å². The van der Waals surface area contributed by atoms with Gasteiger partial charge in [-0.3, -0.25) is 0 Å². The van der Waals surface area contributed by atoms with Gasteiger partial charge in [-0.1, -0.05) is 27.5 Å². The molecule has 0 spiro atoms. The number of hydrogen-bond donors (Lipinski definition) is 0. The van der Waals surface area contributed by atoms with Gasteiger partial charge in [0, 0.05) is 15.2 Å². The van der Waals surface area contributed by atoms with E-state index in [0.29, 0.717) is 4.47 Å². The SMILES string of the molecule is N#Cc1c(Cl)cc(Br)cc1S(=O)(=O)Cl. The van der Waals surface area contributed by atoms with Crippen LogP contribution >= 0.6 is 38.2 Å². The van der Waals surface area contributed by atoms with Gasteiger partial charge in [0.1, 0.15) is 11.0 Å². The van der Waals surface area contributed by atoms with Crippen LogP contribution in [-0.2, 0) is 9.05 Å². The van der Waals surface area contributed by atoms with Gasteiger partial charge in [-0.25, -0.2) is 8.42 Å². The maximum atomic E-state index is 11.1. The van der Waals surface area contributed by atoms with Gasteiger partial charge in [0.25, 0.3) is 9.05 Å². The maximum absolute atomic E-state index is 11.1. The first-order chi connectivity index (χ1) is 6.36. The zero-order chi connectivity index (χ0) is 10.9. The first-order valence-corrected chi connectivity index (χ1v) is 6.68. The predicted molar refractivity (Wildman–Crippen MR) is 56.9 cm³/mol. The van der Waals surface area contributed by atoms with Gasteiger partial charge >= 0.3 is 0 Å². The van der Waals surface area contributed by atoms with Crippen molar-refractivity contribution >= 4 is 47.3 Å². The van der Waals surface area contributed by atoms with Crippen molar-refractivity contribution in [3.05, 3.63) is 27.2 Å². The summed E-state index contributed by atoms with van der Waals surface area (Å²) in [7, 11) is 1.17. The van der Waals surface area contributed by atoms with Crippen molar-refractivity contribution in [3.8, 4) is 6.07 Å². The lowest BCUT2D eigenvalue weighted by molar-refractivity contribution is 0.609. The number of benzene rings is 1. The molecule has 0 aromatic heterocycles. The summed E-state index contributed by atoms with van der Waals surface area (Å²) in [5, 5.41) is 8.72. The van der Waals surface area contributed by atoms with Crippen LogP contribution in [0.3, 0.4) is 0 Å². The van der Waals surface area contributed by atoms with E-state index in [4.69, 9.17) is 27.5 Å². The minimum atomic E-state index is -3.96. The van der Waals surface area contributed by atoms with E-state index in [1.165, 1.54) is 12.1 Å². The van der Waals surface area contributed by atoms with Gasteiger partial charge < -0.3 is 0 Å². The minimum Gasteiger partial charge on any atom is -0.207 e. The Morgan fingerprint density at radius 3 is 2.43 bits per heavy atom. The molecule has 0 N–H and O–H groups in total. The molecule has 7 heteroatoms. The van der Waals surface area contributed by atoms with E-state index >= 15 is 0 Å². The number of nitriles is 1. The lowest BCUT2D eigenvalue weighted by Gasteiger charge is -2.02. The Labute approximate surface area is 98.8 Å². The van der Waals surface area contributed by atoms with Gasteiger partial charge in [0.15, 0.2) is 0 Å². The summed E-state index contributed by atoms with van der Waals surface area (Å²) >= 11 is 8.72. The molecule has 0 radical (unpaired) electrons. The normalized spacial score (nSPS) is 11.0. The number of nitrogens with zero attached hydrogens (tertiary/aromatic N) is 1. The fourth-order valence-electron chi connectivity index (χ4n) is 0.851. The van der Waals surface area contributed by atoms with Crippen molar-refractivity contribution in [1.82, 2.24) is 0 Å². The summed E-state index contributed by atoms with van der Waals surface area (Å²) in [4.78, 5) is -0.291. The Kier molecular flexibility index (Phi) is 3.43. The Bertz CT molecular complexity index is 521. The zero-order valence-corrected chi connectivity index (χ0v) is 10.4. The molecule has 0 atom stereocenters. The molecule has 0 heterocycles. The molecule has 1 rings (SSSR count). The molecule has 0 bridgehead atoms. The number of rotatable bonds is 1. The van der Waals surface area contributed by atoms with Crippen molar-refractivity contribution in [2.24, 2.45) is 0 Å². The molecule has 0 aliphatic heterocycles. The van der Waals surface area contributed by atoms with Crippen molar-refractivity contribution in [2.75, 3.05) is 0 Å². The van der Waals surface area contributed by atoms with Crippen LogP contribution in [-0.4, -0.2) is 8.42 Å². The van der Waals surface area contributed by atoms with Crippen LogP contribution in [0.5, 0.6) is 0 Å². The molecule has 1 aromatic rings. The van der Waals surface area contributed by atoms with Gasteiger partial charge in [0.2, 0.25) is 0 Å². The second-order valence-electron chi connectivity index (χ2n) is 2.31. The highest BCUT2D eigenvalue weighted by molar-refractivity contribution is 9.10. The average molecular weight is 315 g/mol. The molecule has 14 heavy (non-hydrogen) atoms. The third-order valence-electron chi connectivity index (χ3n) is 1.39. The molecule has 0 amide bonds. The van der Waals surface area contributed by atoms with Gasteiger partial charge in [0.05, 0.1) is 10.6 Å². The molecule has 74 valence electrons. The average Bonchev–Trinajstić information content (AvgIpc) is 2.01. The molecule has 0 saturated carbocycles. The predicted octanol–water partition coefficient (Wildman–Crippen LogP) is 2.90. The van der Waals surface area contributed by atoms with Gasteiger partial charge in [-0.15, -0.1) is 0 Å². The lowest BCUT2D eigenvalue weighted by Crippen LogP contribution is -1.96. The number of halogens is 3. The minimum absolute atomic E-state index is 0.0427. The molecule has 1 aromatic carbocycles. The molecular formula is C7H2BrCl2NO2S. The zero-order valence-electron chi connectivity index (χ0n) is 6.46. The van der Waals surface area contributed by atoms with Crippen LogP contribution in [0.15, 0.2) is 21.5 Å². The summed E-state index contributed by atoms with van der Waals surface area (Å²) < 4.78 is 22.5. The number of hydrogen-bond acceptors (Lipinski definition) is 3. The standard InChI is InChI=1S/C7H2BrCl2NO2S/c8-4-1-6(9)5(3-11)7(2-4)14(10,12)13/h1-2H. The van der Waals surface area contributed by atoms with Crippen molar-refractivity contribution in [2.45, 2.75) is 4.90 Å². The van der Waals surface area contributed by atoms with Crippen molar-refractivity contribution < 1.29 is 8.42 Å². The second-order valence-corrected chi connectivity index (χ2v) is 6.17. The highest BCUT2D eigenvalue weighted by atomic mass is 79.9. The Hall–Kier alpha value is -0.280. The highest BCUT2D eigenvalue weighted by Crippen LogP contribution is 2.29. The van der Waals surface area contributed by atoms with Crippen LogP contribution in [0.4, 0.5) is 0 Å². The summed E-state index contributed by atoms with van der Waals surface area (Å²) in [6.07, 6.45) is 0.